The normalized spacial score (nSPS) is 20.9. The van der Waals surface area contributed by atoms with Gasteiger partial charge in [-0.15, -0.1) is 10.2 Å². The zero-order chi connectivity index (χ0) is 24.2. The van der Waals surface area contributed by atoms with Gasteiger partial charge in [0, 0.05) is 46.6 Å². The van der Waals surface area contributed by atoms with E-state index in [0.717, 1.165) is 29.4 Å². The van der Waals surface area contributed by atoms with Crippen molar-refractivity contribution in [1.82, 2.24) is 20.2 Å². The molecule has 6 nitrogen and oxygen atoms in total. The maximum Gasteiger partial charge on any atom is 0.265 e. The largest absolute Gasteiger partial charge is 0.371 e. The molecule has 0 atom stereocenters. The molecule has 4 heterocycles. The smallest absolute Gasteiger partial charge is 0.265 e. The number of hydrogen-bond donors (Lipinski definition) is 0. The van der Waals surface area contributed by atoms with Crippen molar-refractivity contribution in [2.45, 2.75) is 51.4 Å². The highest BCUT2D eigenvalue weighted by atomic mass is 127. The summed E-state index contributed by atoms with van der Waals surface area (Å²) < 4.78 is 29.2. The molecule has 1 spiro atoms. The molecule has 2 aromatic heterocycles. The van der Waals surface area contributed by atoms with Crippen molar-refractivity contribution >= 4 is 45.6 Å². The summed E-state index contributed by atoms with van der Waals surface area (Å²) in [5, 5.41) is 10.5. The van der Waals surface area contributed by atoms with E-state index in [4.69, 9.17) is 0 Å². The number of piperidine rings is 2. The molecule has 3 fully saturated rings. The third kappa shape index (κ3) is 4.87. The first-order chi connectivity index (χ1) is 16.8. The molecule has 10 heteroatoms. The molecule has 2 aliphatic heterocycles. The van der Waals surface area contributed by atoms with Crippen LogP contribution in [-0.4, -0.2) is 52.3 Å². The quantitative estimate of drug-likeness (QED) is 0.330. The first kappa shape index (κ1) is 23.4. The minimum atomic E-state index is -2.71. The van der Waals surface area contributed by atoms with Gasteiger partial charge in [0.25, 0.3) is 5.92 Å². The number of rotatable bonds is 4. The van der Waals surface area contributed by atoms with E-state index >= 15 is 0 Å². The summed E-state index contributed by atoms with van der Waals surface area (Å²) in [5.41, 5.74) is 4.28. The number of benzene rings is 1. The first-order valence-corrected chi connectivity index (χ1v) is 14.1. The summed E-state index contributed by atoms with van der Waals surface area (Å²) in [6, 6.07) is 8.33. The Hall–Kier alpha value is -1.95. The molecule has 2 saturated heterocycles. The summed E-state index contributed by atoms with van der Waals surface area (Å²) in [5.74, 6) is -2.37. The Morgan fingerprint density at radius 3 is 2.43 bits per heavy atom. The van der Waals surface area contributed by atoms with E-state index in [2.05, 4.69) is 65.9 Å². The molecule has 0 unspecified atom stereocenters. The van der Waals surface area contributed by atoms with Crippen molar-refractivity contribution in [3.8, 4) is 21.3 Å². The van der Waals surface area contributed by atoms with E-state index in [-0.39, 0.29) is 13.0 Å². The Kier molecular flexibility index (Phi) is 5.94. The highest BCUT2D eigenvalue weighted by Gasteiger charge is 2.44. The highest BCUT2D eigenvalue weighted by molar-refractivity contribution is 14.1. The average Bonchev–Trinajstić information content (AvgIpc) is 3.39. The average molecular weight is 609 g/mol. The van der Waals surface area contributed by atoms with Crippen LogP contribution < -0.4 is 9.80 Å². The lowest BCUT2D eigenvalue weighted by Gasteiger charge is -2.35. The number of aromatic nitrogens is 4. The Labute approximate surface area is 221 Å². The molecule has 0 bridgehead atoms. The molecule has 184 valence electrons. The van der Waals surface area contributed by atoms with Gasteiger partial charge in [0.05, 0.1) is 6.54 Å². The zero-order valence-corrected chi connectivity index (χ0v) is 22.6. The van der Waals surface area contributed by atoms with Gasteiger partial charge in [-0.05, 0) is 91.3 Å². The predicted octanol–water partition coefficient (Wildman–Crippen LogP) is 6.19. The lowest BCUT2D eigenvalue weighted by Crippen LogP contribution is -2.43. The van der Waals surface area contributed by atoms with Gasteiger partial charge in [-0.3, -0.25) is 0 Å². The van der Waals surface area contributed by atoms with Crippen LogP contribution in [0.5, 0.6) is 0 Å². The summed E-state index contributed by atoms with van der Waals surface area (Å²) in [6.07, 6.45) is 5.63. The van der Waals surface area contributed by atoms with E-state index in [1.165, 1.54) is 46.3 Å². The van der Waals surface area contributed by atoms with Crippen LogP contribution in [0.3, 0.4) is 0 Å². The first-order valence-electron chi connectivity index (χ1n) is 12.2. The lowest BCUT2D eigenvalue weighted by molar-refractivity contribution is -0.0120. The minimum absolute atomic E-state index is 0.0850. The molecule has 35 heavy (non-hydrogen) atoms. The summed E-state index contributed by atoms with van der Waals surface area (Å²) in [6.45, 7) is 4.20. The summed E-state index contributed by atoms with van der Waals surface area (Å²) >= 11 is 3.86. The third-order valence-corrected chi connectivity index (χ3v) is 9.12. The fourth-order valence-corrected chi connectivity index (χ4v) is 6.53. The van der Waals surface area contributed by atoms with Crippen molar-refractivity contribution in [1.29, 1.82) is 0 Å². The van der Waals surface area contributed by atoms with Gasteiger partial charge in [-0.2, -0.15) is 0 Å². The van der Waals surface area contributed by atoms with Gasteiger partial charge >= 0.3 is 0 Å². The maximum absolute atomic E-state index is 14.0. The van der Waals surface area contributed by atoms with Gasteiger partial charge in [0.15, 0.2) is 5.01 Å². The van der Waals surface area contributed by atoms with E-state index in [0.29, 0.717) is 35.0 Å². The van der Waals surface area contributed by atoms with Crippen LogP contribution in [0.2, 0.25) is 0 Å². The van der Waals surface area contributed by atoms with Crippen molar-refractivity contribution < 1.29 is 8.78 Å². The Balaban J connectivity index is 1.30. The molecule has 3 aromatic rings. The number of hydrogen-bond acceptors (Lipinski definition) is 7. The van der Waals surface area contributed by atoms with Gasteiger partial charge in [-0.1, -0.05) is 11.3 Å². The van der Waals surface area contributed by atoms with Crippen LogP contribution in [0.15, 0.2) is 24.3 Å². The fraction of sp³-hybridized carbons (Fsp3) is 0.520. The Morgan fingerprint density at radius 1 is 0.914 bits per heavy atom. The van der Waals surface area contributed by atoms with E-state index < -0.39 is 5.92 Å². The van der Waals surface area contributed by atoms with Gasteiger partial charge in [0.2, 0.25) is 5.95 Å². The highest BCUT2D eigenvalue weighted by Crippen LogP contribution is 2.54. The van der Waals surface area contributed by atoms with Crippen LogP contribution in [0.25, 0.3) is 21.3 Å². The second kappa shape index (κ2) is 8.86. The van der Waals surface area contributed by atoms with Crippen molar-refractivity contribution in [3.63, 3.8) is 0 Å². The van der Waals surface area contributed by atoms with Crippen LogP contribution in [0.1, 0.15) is 44.2 Å². The van der Waals surface area contributed by atoms with Gasteiger partial charge < -0.3 is 9.80 Å². The number of halogens is 3. The summed E-state index contributed by atoms with van der Waals surface area (Å²) in [4.78, 5) is 13.2. The maximum atomic E-state index is 14.0. The lowest BCUT2D eigenvalue weighted by atomic mass is 9.93. The van der Waals surface area contributed by atoms with Crippen LogP contribution in [0, 0.1) is 15.9 Å². The van der Waals surface area contributed by atoms with E-state index in [9.17, 15) is 8.78 Å². The standard InChI is InChI=1S/C25H27F2IN6S/c1-16-13-19(30-23(29-16)34-10-2-5-25(26,27)15-34)22-32-31-21(35-22)18-4-3-17(28)14-20(18)33-11-8-24(6-7-24)9-12-33/h3-4,13-14H,2,5-12,15H2,1H3. The SMILES string of the molecule is Cc1cc(-c2nnc(-c3ccc(I)cc3N3CCC4(CC3)CC4)s2)nc(N2CCCC(F)(F)C2)n1. The fourth-order valence-electron chi connectivity index (χ4n) is 5.22. The third-order valence-electron chi connectivity index (χ3n) is 7.47. The molecule has 6 rings (SSSR count). The summed E-state index contributed by atoms with van der Waals surface area (Å²) in [7, 11) is 0. The number of nitrogens with zero attached hydrogens (tertiary/aromatic N) is 6. The Morgan fingerprint density at radius 2 is 1.69 bits per heavy atom. The number of anilines is 2. The molecule has 3 aliphatic rings. The predicted molar refractivity (Wildman–Crippen MR) is 143 cm³/mol. The van der Waals surface area contributed by atoms with Crippen LogP contribution in [-0.2, 0) is 0 Å². The Bertz CT molecular complexity index is 1250. The van der Waals surface area contributed by atoms with E-state index in [1.807, 2.05) is 13.0 Å². The second-order valence-corrected chi connectivity index (χ2v) is 12.4. The van der Waals surface area contributed by atoms with Gasteiger partial charge in [-0.25, -0.2) is 18.7 Å². The molecule has 0 amide bonds. The van der Waals surface area contributed by atoms with Crippen molar-refractivity contribution in [3.05, 3.63) is 33.5 Å². The number of aryl methyl sites for hydroxylation is 1. The monoisotopic (exact) mass is 608 g/mol. The van der Waals surface area contributed by atoms with Crippen molar-refractivity contribution in [2.75, 3.05) is 36.0 Å². The molecule has 1 aromatic carbocycles. The van der Waals surface area contributed by atoms with E-state index in [1.54, 1.807) is 4.90 Å². The molecule has 0 radical (unpaired) electrons. The van der Waals surface area contributed by atoms with Crippen LogP contribution in [0.4, 0.5) is 20.4 Å². The number of alkyl halides is 2. The zero-order valence-electron chi connectivity index (χ0n) is 19.6. The molecule has 1 saturated carbocycles. The molecular formula is C25H27F2IN6S. The molecule has 1 aliphatic carbocycles. The molecule has 0 N–H and O–H groups in total. The second-order valence-electron chi connectivity index (χ2n) is 10.1. The van der Waals surface area contributed by atoms with Crippen LogP contribution >= 0.6 is 33.9 Å². The van der Waals surface area contributed by atoms with Crippen molar-refractivity contribution in [2.24, 2.45) is 5.41 Å². The minimum Gasteiger partial charge on any atom is -0.371 e. The molecular weight excluding hydrogens is 581 g/mol. The topological polar surface area (TPSA) is 58.0 Å². The van der Waals surface area contributed by atoms with Gasteiger partial charge in [0.1, 0.15) is 10.7 Å².